The summed E-state index contributed by atoms with van der Waals surface area (Å²) < 4.78 is 35.0. The molecule has 0 fully saturated rings. The highest BCUT2D eigenvalue weighted by molar-refractivity contribution is 5.85. The summed E-state index contributed by atoms with van der Waals surface area (Å²) in [6, 6.07) is 10.4. The molecule has 0 aliphatic rings. The molecule has 4 atom stereocenters. The van der Waals surface area contributed by atoms with E-state index in [0.717, 1.165) is 0 Å². The third-order valence-electron chi connectivity index (χ3n) is 7.70. The molecular weight excluding hydrogens is 684 g/mol. The van der Waals surface area contributed by atoms with Crippen molar-refractivity contribution in [3.63, 3.8) is 0 Å². The Morgan fingerprint density at radius 1 is 0.615 bits per heavy atom. The Morgan fingerprint density at radius 2 is 0.981 bits per heavy atom. The summed E-state index contributed by atoms with van der Waals surface area (Å²) in [6.45, 7) is 2.25. The number of ether oxygens (including phenoxy) is 6. The molecule has 0 unspecified atom stereocenters. The first kappa shape index (κ1) is 38.9. The van der Waals surface area contributed by atoms with Crippen LogP contribution in [0.1, 0.15) is 48.4 Å². The van der Waals surface area contributed by atoms with E-state index in [4.69, 9.17) is 28.4 Å². The average molecular weight is 725 g/mol. The maximum Gasteiger partial charge on any atom is 0.338 e. The molecule has 0 aliphatic heterocycles. The van der Waals surface area contributed by atoms with Crippen molar-refractivity contribution in [2.45, 2.75) is 64.2 Å². The lowest BCUT2D eigenvalue weighted by Gasteiger charge is -2.25. The van der Waals surface area contributed by atoms with Gasteiger partial charge in [-0.15, -0.1) is 10.2 Å². The lowest BCUT2D eigenvalue weighted by atomic mass is 10.1. The van der Waals surface area contributed by atoms with Crippen molar-refractivity contribution >= 4 is 23.9 Å². The molecule has 0 saturated heterocycles. The van der Waals surface area contributed by atoms with E-state index in [1.807, 2.05) is 0 Å². The number of phenols is 2. The highest BCUT2D eigenvalue weighted by Crippen LogP contribution is 2.23. The maximum atomic E-state index is 13.3. The van der Waals surface area contributed by atoms with Crippen LogP contribution in [-0.2, 0) is 73.7 Å². The first-order valence-electron chi connectivity index (χ1n) is 16.2. The molecule has 2 N–H and O–H groups in total. The summed E-state index contributed by atoms with van der Waals surface area (Å²) in [5, 5.41) is 35.3. The topological polar surface area (TPSA) is 226 Å². The number of nitrogens with zero attached hydrogens (tertiary/aromatic N) is 6. The Hall–Kier alpha value is -5.88. The van der Waals surface area contributed by atoms with Gasteiger partial charge < -0.3 is 38.6 Å². The third-order valence-corrected chi connectivity index (χ3v) is 7.70. The number of carbonyl (C=O) groups excluding carboxylic acids is 4. The lowest BCUT2D eigenvalue weighted by Crippen LogP contribution is -2.45. The molecule has 4 aromatic rings. The molecule has 0 radical (unpaired) electrons. The van der Waals surface area contributed by atoms with E-state index in [2.05, 4.69) is 20.6 Å². The number of methoxy groups -OCH3 is 2. The number of phenolic OH excluding ortho intramolecular Hbond substituents is 2. The van der Waals surface area contributed by atoms with E-state index in [1.54, 1.807) is 38.1 Å². The van der Waals surface area contributed by atoms with Gasteiger partial charge in [-0.2, -0.15) is 0 Å². The molecule has 2 aromatic carbocycles. The zero-order valence-electron chi connectivity index (χ0n) is 29.0. The molecule has 0 aliphatic carbocycles. The van der Waals surface area contributed by atoms with Crippen LogP contribution in [0.3, 0.4) is 0 Å². The molecule has 0 amide bonds. The summed E-state index contributed by atoms with van der Waals surface area (Å²) in [6.07, 6.45) is -0.510. The zero-order valence-corrected chi connectivity index (χ0v) is 29.0. The number of aromatic nitrogens is 6. The first-order valence-corrected chi connectivity index (χ1v) is 16.2. The van der Waals surface area contributed by atoms with Gasteiger partial charge in [-0.05, 0) is 49.2 Å². The maximum absolute atomic E-state index is 13.3. The molecule has 2 aromatic heterocycles. The molecule has 0 saturated carbocycles. The number of benzene rings is 2. The van der Waals surface area contributed by atoms with Gasteiger partial charge in [-0.25, -0.2) is 28.5 Å². The van der Waals surface area contributed by atoms with Crippen LogP contribution in [-0.4, -0.2) is 104 Å². The molecule has 18 heteroatoms. The SMILES string of the molecule is CCOC(=O)[C@H](OCc1cnnn1[C@H](Cc1ccc(O)cc1)C(=O)OC)[C@@H](OCc1cnnn1[C@@H](Cc1ccc(O)cc1)C(=O)OC)C(=O)OCC. The Labute approximate surface area is 298 Å². The second-order valence-corrected chi connectivity index (χ2v) is 11.1. The van der Waals surface area contributed by atoms with Crippen LogP contribution in [0.4, 0.5) is 0 Å². The average Bonchev–Trinajstić information content (AvgIpc) is 3.81. The van der Waals surface area contributed by atoms with E-state index in [1.165, 1.54) is 60.2 Å². The van der Waals surface area contributed by atoms with E-state index in [9.17, 15) is 29.4 Å². The van der Waals surface area contributed by atoms with E-state index < -0.39 is 61.4 Å². The molecule has 18 nitrogen and oxygen atoms in total. The van der Waals surface area contributed by atoms with Crippen molar-refractivity contribution in [1.29, 1.82) is 0 Å². The van der Waals surface area contributed by atoms with Crippen LogP contribution in [0.25, 0.3) is 0 Å². The third kappa shape index (κ3) is 10.1. The second-order valence-electron chi connectivity index (χ2n) is 11.1. The zero-order chi connectivity index (χ0) is 37.6. The van der Waals surface area contributed by atoms with Gasteiger partial charge in [0.05, 0.1) is 64.4 Å². The Morgan fingerprint density at radius 3 is 1.31 bits per heavy atom. The van der Waals surface area contributed by atoms with E-state index in [-0.39, 0.29) is 48.9 Å². The Bertz CT molecular complexity index is 1650. The van der Waals surface area contributed by atoms with Gasteiger partial charge in [0.15, 0.2) is 24.3 Å². The monoisotopic (exact) mass is 724 g/mol. The quantitative estimate of drug-likeness (QED) is 0.104. The summed E-state index contributed by atoms with van der Waals surface area (Å²) in [4.78, 5) is 52.4. The van der Waals surface area contributed by atoms with Crippen LogP contribution in [0.2, 0.25) is 0 Å². The highest BCUT2D eigenvalue weighted by atomic mass is 16.6. The van der Waals surface area contributed by atoms with Crippen molar-refractivity contribution < 1.29 is 57.8 Å². The van der Waals surface area contributed by atoms with Crippen LogP contribution in [0.15, 0.2) is 60.9 Å². The van der Waals surface area contributed by atoms with Crippen LogP contribution >= 0.6 is 0 Å². The largest absolute Gasteiger partial charge is 0.508 e. The van der Waals surface area contributed by atoms with Gasteiger partial charge >= 0.3 is 23.9 Å². The fourth-order valence-corrected chi connectivity index (χ4v) is 5.14. The Balaban J connectivity index is 1.59. The lowest BCUT2D eigenvalue weighted by molar-refractivity contribution is -0.186. The van der Waals surface area contributed by atoms with Gasteiger partial charge in [0.25, 0.3) is 0 Å². The second kappa shape index (κ2) is 18.9. The highest BCUT2D eigenvalue weighted by Gasteiger charge is 2.39. The fraction of sp³-hybridized carbons (Fsp3) is 0.412. The number of aromatic hydroxyl groups is 2. The fourth-order valence-electron chi connectivity index (χ4n) is 5.14. The van der Waals surface area contributed by atoms with Gasteiger partial charge in [-0.3, -0.25) is 0 Å². The molecular formula is C34H40N6O12. The van der Waals surface area contributed by atoms with Crippen molar-refractivity contribution in [3.05, 3.63) is 83.4 Å². The minimum Gasteiger partial charge on any atom is -0.508 e. The molecule has 278 valence electrons. The minimum atomic E-state index is -1.69. The van der Waals surface area contributed by atoms with Crippen LogP contribution in [0.5, 0.6) is 11.5 Å². The summed E-state index contributed by atoms with van der Waals surface area (Å²) in [5.41, 5.74) is 1.84. The minimum absolute atomic E-state index is 0.0506. The Kier molecular flexibility index (Phi) is 14.2. The number of carbonyl (C=O) groups is 4. The van der Waals surface area contributed by atoms with Gasteiger partial charge in [-0.1, -0.05) is 34.7 Å². The van der Waals surface area contributed by atoms with Gasteiger partial charge in [0, 0.05) is 12.8 Å². The predicted molar refractivity (Wildman–Crippen MR) is 176 cm³/mol. The molecule has 0 spiro atoms. The van der Waals surface area contributed by atoms with Crippen molar-refractivity contribution in [3.8, 4) is 11.5 Å². The van der Waals surface area contributed by atoms with E-state index in [0.29, 0.717) is 11.1 Å². The number of esters is 4. The van der Waals surface area contributed by atoms with Crippen LogP contribution < -0.4 is 0 Å². The summed E-state index contributed by atoms with van der Waals surface area (Å²) in [5.74, 6) is -3.07. The number of rotatable bonds is 19. The molecule has 0 bridgehead atoms. The number of hydrogen-bond donors (Lipinski definition) is 2. The normalized spacial score (nSPS) is 13.4. The van der Waals surface area contributed by atoms with E-state index >= 15 is 0 Å². The van der Waals surface area contributed by atoms with Gasteiger partial charge in [0.2, 0.25) is 0 Å². The molecule has 4 rings (SSSR count). The first-order chi connectivity index (χ1) is 25.1. The van der Waals surface area contributed by atoms with Gasteiger partial charge in [0.1, 0.15) is 11.5 Å². The predicted octanol–water partition coefficient (Wildman–Crippen LogP) is 1.79. The van der Waals surface area contributed by atoms with Crippen molar-refractivity contribution in [2.75, 3.05) is 27.4 Å². The molecule has 2 heterocycles. The smallest absolute Gasteiger partial charge is 0.338 e. The van der Waals surface area contributed by atoms with Crippen molar-refractivity contribution in [2.24, 2.45) is 0 Å². The van der Waals surface area contributed by atoms with Crippen molar-refractivity contribution in [1.82, 2.24) is 30.0 Å². The molecule has 52 heavy (non-hydrogen) atoms. The van der Waals surface area contributed by atoms with Crippen LogP contribution in [0, 0.1) is 0 Å². The summed E-state index contributed by atoms with van der Waals surface area (Å²) in [7, 11) is 2.44. The standard InChI is InChI=1S/C34H40N6O12/c1-5-49-33(45)29(51-19-23-17-35-37-39(23)27(31(43)47-3)15-21-7-11-25(41)12-8-21)30(34(46)50-6-2)52-20-24-18-36-38-40(24)28(32(44)48-4)16-22-9-13-26(42)14-10-22/h7-14,17-18,27-30,41-42H,5-6,15-16,19-20H2,1-4H3/t27-,28+,29-,30-/m1/s1. The summed E-state index contributed by atoms with van der Waals surface area (Å²) >= 11 is 0. The number of hydrogen-bond acceptors (Lipinski definition) is 16.